The minimum Gasteiger partial charge on any atom is -0.508 e. The summed E-state index contributed by atoms with van der Waals surface area (Å²) in [6.07, 6.45) is -0.239. The monoisotopic (exact) mass is 347 g/mol. The summed E-state index contributed by atoms with van der Waals surface area (Å²) in [6, 6.07) is 5.35. The van der Waals surface area contributed by atoms with Gasteiger partial charge in [-0.05, 0) is 56.9 Å². The maximum Gasteiger partial charge on any atom is 0.310 e. The maximum atomic E-state index is 12.2. The minimum absolute atomic E-state index is 0.0822. The highest BCUT2D eigenvalue weighted by molar-refractivity contribution is 6.04. The quantitative estimate of drug-likeness (QED) is 0.832. The first kappa shape index (κ1) is 19.3. The van der Waals surface area contributed by atoms with Crippen molar-refractivity contribution in [3.63, 3.8) is 0 Å². The molecule has 1 aromatic carbocycles. The highest BCUT2D eigenvalue weighted by atomic mass is 16.6. The van der Waals surface area contributed by atoms with Crippen molar-refractivity contribution in [1.29, 1.82) is 0 Å². The highest BCUT2D eigenvalue weighted by Gasteiger charge is 2.44. The van der Waals surface area contributed by atoms with Crippen molar-refractivity contribution in [1.82, 2.24) is 0 Å². The lowest BCUT2D eigenvalue weighted by Gasteiger charge is -2.31. The molecule has 0 radical (unpaired) electrons. The van der Waals surface area contributed by atoms with Crippen molar-refractivity contribution in [2.75, 3.05) is 0 Å². The Kier molecular flexibility index (Phi) is 5.17. The van der Waals surface area contributed by atoms with Gasteiger partial charge in [0.15, 0.2) is 0 Å². The van der Waals surface area contributed by atoms with Crippen LogP contribution in [0, 0.1) is 18.3 Å². The predicted octanol–water partition coefficient (Wildman–Crippen LogP) is 4.20. The molecule has 1 aliphatic heterocycles. The van der Waals surface area contributed by atoms with Crippen LogP contribution in [-0.4, -0.2) is 28.5 Å². The van der Waals surface area contributed by atoms with Crippen LogP contribution in [-0.2, 0) is 14.4 Å². The Morgan fingerprint density at radius 1 is 1.20 bits per heavy atom. The van der Waals surface area contributed by atoms with Crippen LogP contribution in [0.3, 0.4) is 0 Å². The normalized spacial score (nSPS) is 20.8. The van der Waals surface area contributed by atoms with Crippen LogP contribution < -0.4 is 0 Å². The Labute approximate surface area is 150 Å². The second-order valence-electron chi connectivity index (χ2n) is 8.81. The molecule has 0 aromatic heterocycles. The van der Waals surface area contributed by atoms with Gasteiger partial charge in [0.2, 0.25) is 0 Å². The van der Waals surface area contributed by atoms with Crippen molar-refractivity contribution in [3.05, 3.63) is 29.3 Å². The summed E-state index contributed by atoms with van der Waals surface area (Å²) in [7, 11) is 0. The lowest BCUT2D eigenvalue weighted by atomic mass is 9.72. The molecule has 0 bridgehead atoms. The number of hydrogen-bond donors (Lipinski definition) is 1. The minimum atomic E-state index is -0.529. The van der Waals surface area contributed by atoms with E-state index in [9.17, 15) is 9.90 Å². The van der Waals surface area contributed by atoms with Crippen molar-refractivity contribution in [3.8, 4) is 5.75 Å². The number of carbonyl (C=O) groups excluding carboxylic acids is 1. The van der Waals surface area contributed by atoms with Crippen LogP contribution in [0.2, 0.25) is 0 Å². The first-order valence-electron chi connectivity index (χ1n) is 8.63. The van der Waals surface area contributed by atoms with Gasteiger partial charge in [-0.3, -0.25) is 4.79 Å². The number of phenols is 1. The first-order valence-corrected chi connectivity index (χ1v) is 8.63. The molecule has 1 N–H and O–H groups in total. The molecule has 0 saturated carbocycles. The van der Waals surface area contributed by atoms with Crippen molar-refractivity contribution >= 4 is 11.7 Å². The van der Waals surface area contributed by atoms with E-state index in [2.05, 4.69) is 25.9 Å². The number of benzene rings is 1. The van der Waals surface area contributed by atoms with E-state index in [4.69, 9.17) is 9.57 Å². The Morgan fingerprint density at radius 2 is 1.84 bits per heavy atom. The lowest BCUT2D eigenvalue weighted by molar-refractivity contribution is -0.158. The van der Waals surface area contributed by atoms with E-state index in [1.165, 1.54) is 0 Å². The summed E-state index contributed by atoms with van der Waals surface area (Å²) in [4.78, 5) is 17.9. The van der Waals surface area contributed by atoms with Gasteiger partial charge in [0, 0.05) is 5.56 Å². The van der Waals surface area contributed by atoms with E-state index >= 15 is 0 Å². The van der Waals surface area contributed by atoms with Crippen LogP contribution in [0.5, 0.6) is 5.75 Å². The van der Waals surface area contributed by atoms with Crippen LogP contribution in [0.15, 0.2) is 23.4 Å². The molecule has 1 heterocycles. The number of rotatable bonds is 3. The topological polar surface area (TPSA) is 68.1 Å². The molecule has 0 spiro atoms. The number of nitrogens with zero attached hydrogens (tertiary/aromatic N) is 1. The number of esters is 1. The van der Waals surface area contributed by atoms with E-state index in [-0.39, 0.29) is 35.6 Å². The van der Waals surface area contributed by atoms with Gasteiger partial charge in [0.05, 0.1) is 18.1 Å². The Morgan fingerprint density at radius 3 is 2.36 bits per heavy atom. The zero-order chi connectivity index (χ0) is 19.0. The van der Waals surface area contributed by atoms with Crippen LogP contribution in [0.25, 0.3) is 0 Å². The lowest BCUT2D eigenvalue weighted by Crippen LogP contribution is -2.38. The van der Waals surface area contributed by atoms with Gasteiger partial charge in [-0.15, -0.1) is 0 Å². The van der Waals surface area contributed by atoms with E-state index in [1.54, 1.807) is 12.1 Å². The van der Waals surface area contributed by atoms with Crippen molar-refractivity contribution < 1.29 is 19.5 Å². The SMILES string of the molecule is Cc1cc(O)cc(C2=NOC(CC(=O)OC(C)(C)C)C2C(C)(C)C)c1. The number of phenolic OH excluding ortho intramolecular Hbond substituents is 1. The fourth-order valence-corrected chi connectivity index (χ4v) is 3.23. The summed E-state index contributed by atoms with van der Waals surface area (Å²) < 4.78 is 5.43. The fraction of sp³-hybridized carbons (Fsp3) is 0.600. The summed E-state index contributed by atoms with van der Waals surface area (Å²) >= 11 is 0. The van der Waals surface area contributed by atoms with Crippen molar-refractivity contribution in [2.45, 2.75) is 66.6 Å². The maximum absolute atomic E-state index is 12.2. The molecular weight excluding hydrogens is 318 g/mol. The molecule has 0 amide bonds. The molecule has 1 aromatic rings. The zero-order valence-electron chi connectivity index (χ0n) is 16.2. The Hall–Kier alpha value is -2.04. The number of ether oxygens (including phenoxy) is 1. The third-order valence-corrected chi connectivity index (χ3v) is 4.03. The number of hydrogen-bond acceptors (Lipinski definition) is 5. The molecule has 5 nitrogen and oxygen atoms in total. The van der Waals surface area contributed by atoms with Crippen LogP contribution >= 0.6 is 0 Å². The molecule has 138 valence electrons. The second-order valence-corrected chi connectivity index (χ2v) is 8.81. The van der Waals surface area contributed by atoms with E-state index in [1.807, 2.05) is 33.8 Å². The van der Waals surface area contributed by atoms with Gasteiger partial charge in [-0.25, -0.2) is 0 Å². The molecule has 0 saturated heterocycles. The average Bonchev–Trinajstić information content (AvgIpc) is 2.78. The summed E-state index contributed by atoms with van der Waals surface area (Å²) in [6.45, 7) is 13.7. The Bertz CT molecular complexity index is 660. The van der Waals surface area contributed by atoms with E-state index in [0.717, 1.165) is 16.8 Å². The van der Waals surface area contributed by atoms with Crippen molar-refractivity contribution in [2.24, 2.45) is 16.5 Å². The standard InChI is InChI=1S/C20H29NO4/c1-12-8-13(10-14(22)9-12)18-17(19(2,3)4)15(25-21-18)11-16(23)24-20(5,6)7/h8-10,15,17,22H,11H2,1-7H3. The highest BCUT2D eigenvalue weighted by Crippen LogP contribution is 2.39. The molecule has 2 unspecified atom stereocenters. The number of aromatic hydroxyl groups is 1. The zero-order valence-corrected chi connectivity index (χ0v) is 16.2. The summed E-state index contributed by atoms with van der Waals surface area (Å²) in [5, 5.41) is 14.2. The molecule has 1 aliphatic rings. The molecular formula is C20H29NO4. The van der Waals surface area contributed by atoms with Crippen LogP contribution in [0.1, 0.15) is 59.1 Å². The molecule has 2 atom stereocenters. The van der Waals surface area contributed by atoms with Gasteiger partial charge < -0.3 is 14.7 Å². The smallest absolute Gasteiger partial charge is 0.310 e. The predicted molar refractivity (Wildman–Crippen MR) is 97.7 cm³/mol. The third kappa shape index (κ3) is 4.97. The van der Waals surface area contributed by atoms with Gasteiger partial charge in [0.1, 0.15) is 17.5 Å². The van der Waals surface area contributed by atoms with Gasteiger partial charge in [0.25, 0.3) is 0 Å². The average molecular weight is 347 g/mol. The number of aryl methyl sites for hydroxylation is 1. The second kappa shape index (κ2) is 6.70. The molecule has 5 heteroatoms. The molecule has 0 fully saturated rings. The summed E-state index contributed by atoms with van der Waals surface area (Å²) in [5.74, 6) is -0.183. The largest absolute Gasteiger partial charge is 0.508 e. The fourth-order valence-electron chi connectivity index (χ4n) is 3.23. The molecule has 25 heavy (non-hydrogen) atoms. The number of carbonyl (C=O) groups is 1. The summed E-state index contributed by atoms with van der Waals surface area (Å²) in [5.41, 5.74) is 1.84. The van der Waals surface area contributed by atoms with Gasteiger partial charge in [-0.2, -0.15) is 0 Å². The van der Waals surface area contributed by atoms with E-state index in [0.29, 0.717) is 0 Å². The third-order valence-electron chi connectivity index (χ3n) is 4.03. The first-order chi connectivity index (χ1) is 11.4. The van der Waals surface area contributed by atoms with Gasteiger partial charge in [-0.1, -0.05) is 25.9 Å². The van der Waals surface area contributed by atoms with Crippen LogP contribution in [0.4, 0.5) is 0 Å². The number of oxime groups is 1. The van der Waals surface area contributed by atoms with Gasteiger partial charge >= 0.3 is 5.97 Å². The Balaban J connectivity index is 2.27. The molecule has 2 rings (SSSR count). The molecule has 0 aliphatic carbocycles. The van der Waals surface area contributed by atoms with E-state index < -0.39 is 5.60 Å².